The van der Waals surface area contributed by atoms with Gasteiger partial charge in [-0.15, -0.1) is 0 Å². The molecule has 2 N–H and O–H groups in total. The average Bonchev–Trinajstić information content (AvgIpc) is 3.51. The number of morpholine rings is 1. The van der Waals surface area contributed by atoms with Gasteiger partial charge in [-0.25, -0.2) is 9.97 Å². The highest BCUT2D eigenvalue weighted by molar-refractivity contribution is 5.86. The molecule has 0 bridgehead atoms. The Morgan fingerprint density at radius 1 is 1.07 bits per heavy atom. The number of para-hydroxylation sites is 2. The SMILES string of the molecule is CC(C)c1nc2ccccc2n1-c1nc(N2CCOCC2)c2nc(C3CCCN(C(C)(C)C(N)=O)C3)n(C)c2n1. The van der Waals surface area contributed by atoms with E-state index in [9.17, 15) is 4.79 Å². The molecule has 0 radical (unpaired) electrons. The Bertz CT molecular complexity index is 1560. The molecule has 212 valence electrons. The normalized spacial score (nSPS) is 19.2. The number of piperidine rings is 1. The quantitative estimate of drug-likeness (QED) is 0.393. The first-order valence-electron chi connectivity index (χ1n) is 14.3. The second kappa shape index (κ2) is 10.1. The van der Waals surface area contributed by atoms with Crippen molar-refractivity contribution in [2.45, 2.75) is 57.9 Å². The fourth-order valence-corrected chi connectivity index (χ4v) is 6.01. The lowest BCUT2D eigenvalue weighted by molar-refractivity contribution is -0.129. The molecule has 0 saturated carbocycles. The maximum Gasteiger partial charge on any atom is 0.239 e. The number of benzene rings is 1. The molecule has 2 fully saturated rings. The third kappa shape index (κ3) is 4.41. The predicted molar refractivity (Wildman–Crippen MR) is 155 cm³/mol. The number of primary amides is 1. The summed E-state index contributed by atoms with van der Waals surface area (Å²) in [5.41, 5.74) is 8.55. The Kier molecular flexibility index (Phi) is 6.74. The molecule has 3 aromatic heterocycles. The fourth-order valence-electron chi connectivity index (χ4n) is 6.01. The van der Waals surface area contributed by atoms with Gasteiger partial charge in [0, 0.05) is 38.5 Å². The number of carbonyl (C=O) groups excluding carboxylic acids is 1. The molecule has 2 aliphatic rings. The van der Waals surface area contributed by atoms with Crippen LogP contribution in [0.4, 0.5) is 5.82 Å². The van der Waals surface area contributed by atoms with E-state index < -0.39 is 5.54 Å². The summed E-state index contributed by atoms with van der Waals surface area (Å²) in [5, 5.41) is 0. The zero-order valence-electron chi connectivity index (χ0n) is 24.1. The minimum absolute atomic E-state index is 0.146. The molecule has 11 nitrogen and oxygen atoms in total. The third-order valence-electron chi connectivity index (χ3n) is 8.52. The summed E-state index contributed by atoms with van der Waals surface area (Å²) >= 11 is 0. The molecule has 5 heterocycles. The van der Waals surface area contributed by atoms with Gasteiger partial charge in [0.25, 0.3) is 0 Å². The topological polar surface area (TPSA) is 120 Å². The van der Waals surface area contributed by atoms with Crippen LogP contribution in [0.1, 0.15) is 64.0 Å². The van der Waals surface area contributed by atoms with E-state index in [0.717, 1.165) is 72.1 Å². The number of amides is 1. The van der Waals surface area contributed by atoms with Gasteiger partial charge in [0.15, 0.2) is 17.0 Å². The van der Waals surface area contributed by atoms with Crippen LogP contribution in [0.15, 0.2) is 24.3 Å². The van der Waals surface area contributed by atoms with Crippen molar-refractivity contribution in [1.82, 2.24) is 34.0 Å². The Hall–Kier alpha value is -3.57. The van der Waals surface area contributed by atoms with E-state index in [4.69, 9.17) is 30.4 Å². The summed E-state index contributed by atoms with van der Waals surface area (Å²) < 4.78 is 9.87. The van der Waals surface area contributed by atoms with Gasteiger partial charge < -0.3 is 19.9 Å². The summed E-state index contributed by atoms with van der Waals surface area (Å²) in [6.07, 6.45) is 1.95. The number of aromatic nitrogens is 6. The number of ether oxygens (including phenoxy) is 1. The lowest BCUT2D eigenvalue weighted by atomic mass is 9.91. The van der Waals surface area contributed by atoms with Crippen molar-refractivity contribution in [2.75, 3.05) is 44.3 Å². The molecule has 1 amide bonds. The number of rotatable bonds is 6. The van der Waals surface area contributed by atoms with E-state index in [-0.39, 0.29) is 17.7 Å². The van der Waals surface area contributed by atoms with Gasteiger partial charge in [0.05, 0.1) is 29.8 Å². The lowest BCUT2D eigenvalue weighted by Gasteiger charge is -2.41. The molecule has 1 atom stereocenters. The Labute approximate surface area is 234 Å². The highest BCUT2D eigenvalue weighted by Gasteiger charge is 2.38. The van der Waals surface area contributed by atoms with Crippen molar-refractivity contribution in [3.63, 3.8) is 0 Å². The number of nitrogens with zero attached hydrogens (tertiary/aromatic N) is 8. The number of aryl methyl sites for hydroxylation is 1. The van der Waals surface area contributed by atoms with Gasteiger partial charge in [-0.2, -0.15) is 9.97 Å². The van der Waals surface area contributed by atoms with Crippen LogP contribution in [0.5, 0.6) is 0 Å². The van der Waals surface area contributed by atoms with Gasteiger partial charge in [0.1, 0.15) is 11.6 Å². The van der Waals surface area contributed by atoms with Crippen LogP contribution >= 0.6 is 0 Å². The van der Waals surface area contributed by atoms with E-state index in [0.29, 0.717) is 25.7 Å². The third-order valence-corrected chi connectivity index (χ3v) is 8.52. The summed E-state index contributed by atoms with van der Waals surface area (Å²) in [4.78, 5) is 37.1. The molecule has 2 aliphatic heterocycles. The summed E-state index contributed by atoms with van der Waals surface area (Å²) in [5.74, 6) is 3.32. The molecular formula is C29H39N9O2. The second-order valence-electron chi connectivity index (χ2n) is 11.8. The van der Waals surface area contributed by atoms with Crippen LogP contribution in [-0.4, -0.2) is 84.8 Å². The van der Waals surface area contributed by atoms with Crippen molar-refractivity contribution >= 4 is 33.9 Å². The molecule has 1 aromatic carbocycles. The zero-order chi connectivity index (χ0) is 28.2. The van der Waals surface area contributed by atoms with Gasteiger partial charge in [0.2, 0.25) is 11.9 Å². The molecule has 0 aliphatic carbocycles. The summed E-state index contributed by atoms with van der Waals surface area (Å²) in [6, 6.07) is 8.13. The number of likely N-dealkylation sites (tertiary alicyclic amines) is 1. The molecular weight excluding hydrogens is 506 g/mol. The molecule has 1 unspecified atom stereocenters. The smallest absolute Gasteiger partial charge is 0.239 e. The maximum absolute atomic E-state index is 12.2. The van der Waals surface area contributed by atoms with E-state index in [2.05, 4.69) is 38.8 Å². The van der Waals surface area contributed by atoms with Crippen molar-refractivity contribution in [1.29, 1.82) is 0 Å². The Balaban J connectivity index is 1.52. The van der Waals surface area contributed by atoms with E-state index in [1.807, 2.05) is 39.1 Å². The van der Waals surface area contributed by atoms with Crippen LogP contribution in [0.2, 0.25) is 0 Å². The molecule has 2 saturated heterocycles. The monoisotopic (exact) mass is 545 g/mol. The van der Waals surface area contributed by atoms with Gasteiger partial charge in [-0.05, 0) is 45.4 Å². The summed E-state index contributed by atoms with van der Waals surface area (Å²) in [7, 11) is 2.04. The number of imidazole rings is 2. The Morgan fingerprint density at radius 2 is 1.82 bits per heavy atom. The number of nitrogens with two attached hydrogens (primary N) is 1. The van der Waals surface area contributed by atoms with Gasteiger partial charge in [-0.3, -0.25) is 14.3 Å². The average molecular weight is 546 g/mol. The van der Waals surface area contributed by atoms with Crippen LogP contribution < -0.4 is 10.6 Å². The van der Waals surface area contributed by atoms with Gasteiger partial charge in [-0.1, -0.05) is 26.0 Å². The van der Waals surface area contributed by atoms with E-state index in [1.165, 1.54) is 0 Å². The summed E-state index contributed by atoms with van der Waals surface area (Å²) in [6.45, 7) is 12.4. The maximum atomic E-state index is 12.2. The minimum atomic E-state index is -0.717. The fraction of sp³-hybridized carbons (Fsp3) is 0.552. The predicted octanol–water partition coefficient (Wildman–Crippen LogP) is 3.11. The minimum Gasteiger partial charge on any atom is -0.378 e. The van der Waals surface area contributed by atoms with Crippen molar-refractivity contribution < 1.29 is 9.53 Å². The molecule has 11 heteroatoms. The zero-order valence-corrected chi connectivity index (χ0v) is 24.1. The number of carbonyl (C=O) groups is 1. The van der Waals surface area contributed by atoms with Crippen molar-refractivity contribution in [3.05, 3.63) is 35.9 Å². The van der Waals surface area contributed by atoms with Crippen LogP contribution in [0.3, 0.4) is 0 Å². The van der Waals surface area contributed by atoms with Crippen molar-refractivity contribution in [3.8, 4) is 5.95 Å². The first-order chi connectivity index (χ1) is 19.2. The molecule has 0 spiro atoms. The van der Waals surface area contributed by atoms with Gasteiger partial charge >= 0.3 is 0 Å². The largest absolute Gasteiger partial charge is 0.378 e. The first-order valence-corrected chi connectivity index (χ1v) is 14.3. The van der Waals surface area contributed by atoms with E-state index >= 15 is 0 Å². The Morgan fingerprint density at radius 3 is 2.55 bits per heavy atom. The highest BCUT2D eigenvalue weighted by Crippen LogP contribution is 2.35. The number of fused-ring (bicyclic) bond motifs is 2. The molecule has 6 rings (SSSR count). The molecule has 40 heavy (non-hydrogen) atoms. The number of hydrogen-bond acceptors (Lipinski definition) is 8. The number of hydrogen-bond donors (Lipinski definition) is 1. The number of anilines is 1. The van der Waals surface area contributed by atoms with Crippen LogP contribution in [0.25, 0.3) is 28.1 Å². The second-order valence-corrected chi connectivity index (χ2v) is 11.8. The molecule has 4 aromatic rings. The van der Waals surface area contributed by atoms with Crippen molar-refractivity contribution in [2.24, 2.45) is 12.8 Å². The first kappa shape index (κ1) is 26.6. The lowest BCUT2D eigenvalue weighted by Crippen LogP contribution is -2.56. The van der Waals surface area contributed by atoms with E-state index in [1.54, 1.807) is 0 Å². The highest BCUT2D eigenvalue weighted by atomic mass is 16.5. The standard InChI is InChI=1S/C29H39N9O2/c1-18(2)23-31-20-10-6-7-11-21(20)38(23)28-33-25-22(26(34-28)36-13-15-40-16-14-36)32-24(35(25)5)19-9-8-12-37(17-19)29(3,4)27(30)39/h6-7,10-11,18-19H,8-9,12-17H2,1-5H3,(H2,30,39). The van der Waals surface area contributed by atoms with Crippen LogP contribution in [-0.2, 0) is 16.6 Å². The van der Waals surface area contributed by atoms with Crippen LogP contribution in [0, 0.1) is 0 Å².